The van der Waals surface area contributed by atoms with Gasteiger partial charge in [-0.05, 0) is 48.9 Å². The van der Waals surface area contributed by atoms with E-state index in [1.807, 2.05) is 0 Å². The van der Waals surface area contributed by atoms with Crippen molar-refractivity contribution in [2.24, 2.45) is 0 Å². The third-order valence-corrected chi connectivity index (χ3v) is 1.72. The molecular weight excluding hydrogens is 232 g/mol. The SMILES string of the molecule is S=C1NC(=S)NC(=S)NC(=S)N1. The summed E-state index contributed by atoms with van der Waals surface area (Å²) < 4.78 is 0. The van der Waals surface area contributed by atoms with Crippen LogP contribution in [0.25, 0.3) is 0 Å². The molecule has 12 heavy (non-hydrogen) atoms. The highest BCUT2D eigenvalue weighted by atomic mass is 32.1. The summed E-state index contributed by atoms with van der Waals surface area (Å²) in [6, 6.07) is 0. The van der Waals surface area contributed by atoms with E-state index in [0.29, 0.717) is 20.4 Å². The van der Waals surface area contributed by atoms with Gasteiger partial charge in [-0.25, -0.2) is 0 Å². The van der Waals surface area contributed by atoms with Crippen molar-refractivity contribution < 1.29 is 0 Å². The van der Waals surface area contributed by atoms with Gasteiger partial charge < -0.3 is 21.3 Å². The van der Waals surface area contributed by atoms with Crippen LogP contribution in [0.4, 0.5) is 0 Å². The minimum Gasteiger partial charge on any atom is -0.309 e. The Hall–Kier alpha value is -0.440. The molecule has 1 rings (SSSR count). The monoisotopic (exact) mass is 236 g/mol. The molecule has 0 aromatic rings. The average molecular weight is 236 g/mol. The van der Waals surface area contributed by atoms with Gasteiger partial charge >= 0.3 is 0 Å². The number of thiocarbonyl (C=S) groups is 4. The second-order valence-corrected chi connectivity index (χ2v) is 3.45. The van der Waals surface area contributed by atoms with Crippen LogP contribution in [0.15, 0.2) is 0 Å². The molecule has 1 aliphatic heterocycles. The highest BCUT2D eigenvalue weighted by Gasteiger charge is 2.09. The second kappa shape index (κ2) is 3.99. The number of nitrogens with one attached hydrogen (secondary N) is 4. The summed E-state index contributed by atoms with van der Waals surface area (Å²) in [6.45, 7) is 0. The lowest BCUT2D eigenvalue weighted by Crippen LogP contribution is -2.57. The summed E-state index contributed by atoms with van der Waals surface area (Å²) >= 11 is 19.3. The van der Waals surface area contributed by atoms with Crippen molar-refractivity contribution >= 4 is 69.3 Å². The van der Waals surface area contributed by atoms with Gasteiger partial charge in [0.25, 0.3) is 0 Å². The molecule has 4 N–H and O–H groups in total. The minimum absolute atomic E-state index is 0.340. The van der Waals surface area contributed by atoms with Crippen LogP contribution in [0, 0.1) is 0 Å². The first-order valence-corrected chi connectivity index (χ1v) is 4.45. The number of rotatable bonds is 0. The van der Waals surface area contributed by atoms with Gasteiger partial charge in [0.15, 0.2) is 20.4 Å². The van der Waals surface area contributed by atoms with Gasteiger partial charge in [-0.1, -0.05) is 0 Å². The molecule has 1 heterocycles. The zero-order chi connectivity index (χ0) is 9.14. The fraction of sp³-hybridized carbons (Fsp3) is 0. The van der Waals surface area contributed by atoms with Gasteiger partial charge in [0.1, 0.15) is 0 Å². The summed E-state index contributed by atoms with van der Waals surface area (Å²) in [6.07, 6.45) is 0. The van der Waals surface area contributed by atoms with Gasteiger partial charge in [0.05, 0.1) is 0 Å². The summed E-state index contributed by atoms with van der Waals surface area (Å²) in [7, 11) is 0. The van der Waals surface area contributed by atoms with E-state index in [9.17, 15) is 0 Å². The Balaban J connectivity index is 2.69. The first kappa shape index (κ1) is 9.65. The van der Waals surface area contributed by atoms with Crippen molar-refractivity contribution in [3.63, 3.8) is 0 Å². The quantitative estimate of drug-likeness (QED) is 0.420. The van der Waals surface area contributed by atoms with E-state index < -0.39 is 0 Å². The molecule has 4 nitrogen and oxygen atoms in total. The molecule has 8 heteroatoms. The molecular formula is C4H4N4S4. The van der Waals surface area contributed by atoms with Gasteiger partial charge in [-0.3, -0.25) is 0 Å². The van der Waals surface area contributed by atoms with Gasteiger partial charge in [0.2, 0.25) is 0 Å². The third kappa shape index (κ3) is 2.89. The van der Waals surface area contributed by atoms with Crippen LogP contribution in [-0.2, 0) is 0 Å². The van der Waals surface area contributed by atoms with Crippen molar-refractivity contribution in [3.05, 3.63) is 0 Å². The molecule has 0 spiro atoms. The van der Waals surface area contributed by atoms with Crippen molar-refractivity contribution in [2.75, 3.05) is 0 Å². The molecule has 0 radical (unpaired) electrons. The zero-order valence-corrected chi connectivity index (χ0v) is 8.90. The number of hydrogen-bond acceptors (Lipinski definition) is 4. The molecule has 0 bridgehead atoms. The molecule has 0 saturated carbocycles. The van der Waals surface area contributed by atoms with E-state index in [4.69, 9.17) is 48.9 Å². The Morgan fingerprint density at radius 3 is 0.833 bits per heavy atom. The highest BCUT2D eigenvalue weighted by Crippen LogP contribution is 1.78. The van der Waals surface area contributed by atoms with E-state index in [1.165, 1.54) is 0 Å². The molecule has 64 valence electrons. The van der Waals surface area contributed by atoms with Crippen molar-refractivity contribution in [1.82, 2.24) is 21.3 Å². The first-order valence-electron chi connectivity index (χ1n) is 2.82. The first-order chi connectivity index (χ1) is 5.58. The Labute approximate surface area is 90.5 Å². The van der Waals surface area contributed by atoms with Crippen molar-refractivity contribution in [1.29, 1.82) is 0 Å². The third-order valence-electron chi connectivity index (χ3n) is 0.908. The van der Waals surface area contributed by atoms with Gasteiger partial charge in [-0.15, -0.1) is 0 Å². The smallest absolute Gasteiger partial charge is 0.178 e. The highest BCUT2D eigenvalue weighted by molar-refractivity contribution is 7.83. The zero-order valence-electron chi connectivity index (χ0n) is 5.63. The van der Waals surface area contributed by atoms with Crippen LogP contribution in [0.3, 0.4) is 0 Å². The normalized spacial score (nSPS) is 18.0. The molecule has 1 saturated heterocycles. The molecule has 1 fully saturated rings. The maximum atomic E-state index is 4.82. The van der Waals surface area contributed by atoms with Gasteiger partial charge in [0, 0.05) is 0 Å². The van der Waals surface area contributed by atoms with Gasteiger partial charge in [-0.2, -0.15) is 0 Å². The molecule has 0 aromatic heterocycles. The molecule has 0 amide bonds. The van der Waals surface area contributed by atoms with E-state index in [0.717, 1.165) is 0 Å². The molecule has 0 aliphatic carbocycles. The maximum absolute atomic E-state index is 4.82. The predicted molar refractivity (Wildman–Crippen MR) is 62.9 cm³/mol. The van der Waals surface area contributed by atoms with E-state index >= 15 is 0 Å². The van der Waals surface area contributed by atoms with Crippen LogP contribution in [0.5, 0.6) is 0 Å². The fourth-order valence-electron chi connectivity index (χ4n) is 0.537. The summed E-state index contributed by atoms with van der Waals surface area (Å²) in [5.41, 5.74) is 0. The van der Waals surface area contributed by atoms with Crippen LogP contribution >= 0.6 is 48.9 Å². The topological polar surface area (TPSA) is 48.1 Å². The van der Waals surface area contributed by atoms with E-state index in [-0.39, 0.29) is 0 Å². The summed E-state index contributed by atoms with van der Waals surface area (Å²) in [5, 5.41) is 12.0. The molecule has 0 atom stereocenters. The van der Waals surface area contributed by atoms with E-state index in [1.54, 1.807) is 0 Å². The predicted octanol–water partition coefficient (Wildman–Crippen LogP) is -0.502. The largest absolute Gasteiger partial charge is 0.309 e. The Kier molecular flexibility index (Phi) is 3.20. The van der Waals surface area contributed by atoms with Crippen LogP contribution in [-0.4, -0.2) is 20.4 Å². The molecule has 0 aromatic carbocycles. The standard InChI is InChI=1S/C4H4N4S4/c9-1-5-2(10)7-4(12)8-3(11)6-1/h(H4,5,6,7,8,9,10,11,12). The summed E-state index contributed by atoms with van der Waals surface area (Å²) in [5.74, 6) is 0. The van der Waals surface area contributed by atoms with E-state index in [2.05, 4.69) is 21.3 Å². The Morgan fingerprint density at radius 2 is 0.667 bits per heavy atom. The van der Waals surface area contributed by atoms with Crippen LogP contribution < -0.4 is 21.3 Å². The maximum Gasteiger partial charge on any atom is 0.178 e. The van der Waals surface area contributed by atoms with Crippen molar-refractivity contribution in [2.45, 2.75) is 0 Å². The lowest BCUT2D eigenvalue weighted by Gasteiger charge is -2.18. The second-order valence-electron chi connectivity index (χ2n) is 1.82. The Bertz CT molecular complexity index is 200. The minimum atomic E-state index is 0.340. The van der Waals surface area contributed by atoms with Crippen molar-refractivity contribution in [3.8, 4) is 0 Å². The van der Waals surface area contributed by atoms with Crippen LogP contribution in [0.1, 0.15) is 0 Å². The molecule has 0 unspecified atom stereocenters. The lowest BCUT2D eigenvalue weighted by atomic mass is 10.8. The Morgan fingerprint density at radius 1 is 0.500 bits per heavy atom. The average Bonchev–Trinajstić information content (AvgIpc) is 1.81. The van der Waals surface area contributed by atoms with Crippen LogP contribution in [0.2, 0.25) is 0 Å². The lowest BCUT2D eigenvalue weighted by molar-refractivity contribution is 1.12. The fourth-order valence-corrected chi connectivity index (χ4v) is 1.61. The molecule has 1 aliphatic rings. The number of hydrogen-bond donors (Lipinski definition) is 4. The summed E-state index contributed by atoms with van der Waals surface area (Å²) in [4.78, 5) is 0.